The van der Waals surface area contributed by atoms with E-state index in [2.05, 4.69) is 5.32 Å². The van der Waals surface area contributed by atoms with E-state index in [9.17, 15) is 9.59 Å². The van der Waals surface area contributed by atoms with E-state index in [0.717, 1.165) is 11.1 Å². The smallest absolute Gasteiger partial charge is 0.342 e. The molecule has 0 fully saturated rings. The summed E-state index contributed by atoms with van der Waals surface area (Å²) in [7, 11) is 2.94. The van der Waals surface area contributed by atoms with E-state index < -0.39 is 18.5 Å². The predicted molar refractivity (Wildman–Crippen MR) is 94.4 cm³/mol. The second-order valence-corrected chi connectivity index (χ2v) is 5.44. The Morgan fingerprint density at radius 3 is 2.48 bits per heavy atom. The van der Waals surface area contributed by atoms with Gasteiger partial charge in [-0.25, -0.2) is 4.79 Å². The number of ether oxygens (including phenoxy) is 3. The van der Waals surface area contributed by atoms with Gasteiger partial charge in [-0.1, -0.05) is 12.1 Å². The zero-order valence-corrected chi connectivity index (χ0v) is 14.7. The molecule has 0 atom stereocenters. The van der Waals surface area contributed by atoms with Crippen LogP contribution in [-0.4, -0.2) is 32.7 Å². The van der Waals surface area contributed by atoms with E-state index in [4.69, 9.17) is 14.2 Å². The van der Waals surface area contributed by atoms with Gasteiger partial charge >= 0.3 is 5.97 Å². The molecule has 2 aromatic carbocycles. The standard InChI is InChI=1S/C19H21NO5/c1-12-6-5-7-16(13(12)2)20-18(21)11-25-19(22)15-10-14(23-3)8-9-17(15)24-4/h5-10H,11H2,1-4H3,(H,20,21). The third kappa shape index (κ3) is 4.50. The molecule has 0 aliphatic rings. The molecular weight excluding hydrogens is 322 g/mol. The highest BCUT2D eigenvalue weighted by Gasteiger charge is 2.17. The molecule has 1 N–H and O–H groups in total. The second kappa shape index (κ2) is 8.19. The number of rotatable bonds is 6. The van der Waals surface area contributed by atoms with Crippen LogP contribution in [0.15, 0.2) is 36.4 Å². The van der Waals surface area contributed by atoms with Gasteiger partial charge in [0.15, 0.2) is 6.61 Å². The minimum atomic E-state index is -0.660. The number of methoxy groups -OCH3 is 2. The molecule has 1 amide bonds. The lowest BCUT2D eigenvalue weighted by atomic mass is 10.1. The van der Waals surface area contributed by atoms with Gasteiger partial charge in [0.1, 0.15) is 17.1 Å². The zero-order chi connectivity index (χ0) is 18.4. The van der Waals surface area contributed by atoms with E-state index in [1.54, 1.807) is 18.2 Å². The van der Waals surface area contributed by atoms with Crippen LogP contribution in [0, 0.1) is 13.8 Å². The highest BCUT2D eigenvalue weighted by molar-refractivity contribution is 5.97. The molecular formula is C19H21NO5. The summed E-state index contributed by atoms with van der Waals surface area (Å²) in [5.74, 6) is -0.232. The summed E-state index contributed by atoms with van der Waals surface area (Å²) < 4.78 is 15.3. The molecule has 6 nitrogen and oxygen atoms in total. The molecule has 132 valence electrons. The Bertz CT molecular complexity index is 785. The van der Waals surface area contributed by atoms with Crippen LogP contribution in [0.3, 0.4) is 0 Å². The van der Waals surface area contributed by atoms with Crippen molar-refractivity contribution < 1.29 is 23.8 Å². The molecule has 6 heteroatoms. The van der Waals surface area contributed by atoms with Crippen molar-refractivity contribution in [3.05, 3.63) is 53.1 Å². The fraction of sp³-hybridized carbons (Fsp3) is 0.263. The first-order chi connectivity index (χ1) is 12.0. The Labute approximate surface area is 146 Å². The molecule has 2 aromatic rings. The van der Waals surface area contributed by atoms with Crippen LogP contribution in [-0.2, 0) is 9.53 Å². The Morgan fingerprint density at radius 2 is 1.80 bits per heavy atom. The number of hydrogen-bond donors (Lipinski definition) is 1. The number of benzene rings is 2. The topological polar surface area (TPSA) is 73.9 Å². The van der Waals surface area contributed by atoms with Gasteiger partial charge in [0, 0.05) is 5.69 Å². The summed E-state index contributed by atoms with van der Waals surface area (Å²) in [4.78, 5) is 24.3. The number of aryl methyl sites for hydroxylation is 1. The van der Waals surface area contributed by atoms with Crippen molar-refractivity contribution in [2.24, 2.45) is 0 Å². The number of amides is 1. The van der Waals surface area contributed by atoms with Crippen molar-refractivity contribution in [2.75, 3.05) is 26.1 Å². The summed E-state index contributed by atoms with van der Waals surface area (Å²) in [6, 6.07) is 10.4. The van der Waals surface area contributed by atoms with Crippen LogP contribution in [0.1, 0.15) is 21.5 Å². The van der Waals surface area contributed by atoms with Gasteiger partial charge in [-0.2, -0.15) is 0 Å². The Hall–Kier alpha value is -3.02. The van der Waals surface area contributed by atoms with Crippen LogP contribution in [0.5, 0.6) is 11.5 Å². The number of hydrogen-bond acceptors (Lipinski definition) is 5. The van der Waals surface area contributed by atoms with Crippen molar-refractivity contribution in [1.82, 2.24) is 0 Å². The van der Waals surface area contributed by atoms with Crippen LogP contribution >= 0.6 is 0 Å². The lowest BCUT2D eigenvalue weighted by Gasteiger charge is -2.12. The van der Waals surface area contributed by atoms with Gasteiger partial charge in [-0.3, -0.25) is 4.79 Å². The Kier molecular flexibility index (Phi) is 6.00. The SMILES string of the molecule is COc1ccc(OC)c(C(=O)OCC(=O)Nc2cccc(C)c2C)c1. The van der Waals surface area contributed by atoms with E-state index in [1.807, 2.05) is 26.0 Å². The molecule has 0 aliphatic heterocycles. The lowest BCUT2D eigenvalue weighted by molar-refractivity contribution is -0.119. The van der Waals surface area contributed by atoms with Gasteiger partial charge in [0.05, 0.1) is 14.2 Å². The minimum Gasteiger partial charge on any atom is -0.497 e. The van der Waals surface area contributed by atoms with Gasteiger partial charge in [0.2, 0.25) is 0 Å². The first-order valence-electron chi connectivity index (χ1n) is 7.71. The molecule has 0 saturated heterocycles. The fourth-order valence-corrected chi connectivity index (χ4v) is 2.26. The molecule has 0 aromatic heterocycles. The van der Waals surface area contributed by atoms with Crippen LogP contribution < -0.4 is 14.8 Å². The van der Waals surface area contributed by atoms with Crippen molar-refractivity contribution in [3.8, 4) is 11.5 Å². The maximum Gasteiger partial charge on any atom is 0.342 e. The van der Waals surface area contributed by atoms with E-state index in [0.29, 0.717) is 17.2 Å². The molecule has 25 heavy (non-hydrogen) atoms. The second-order valence-electron chi connectivity index (χ2n) is 5.44. The lowest BCUT2D eigenvalue weighted by Crippen LogP contribution is -2.21. The minimum absolute atomic E-state index is 0.196. The third-order valence-electron chi connectivity index (χ3n) is 3.84. The first kappa shape index (κ1) is 18.3. The third-order valence-corrected chi connectivity index (χ3v) is 3.84. The van der Waals surface area contributed by atoms with E-state index in [1.165, 1.54) is 20.3 Å². The maximum absolute atomic E-state index is 12.2. The van der Waals surface area contributed by atoms with Crippen LogP contribution in [0.25, 0.3) is 0 Å². The van der Waals surface area contributed by atoms with Crippen LogP contribution in [0.2, 0.25) is 0 Å². The number of carbonyl (C=O) groups excluding carboxylic acids is 2. The van der Waals surface area contributed by atoms with E-state index >= 15 is 0 Å². The number of nitrogens with one attached hydrogen (secondary N) is 1. The van der Waals surface area contributed by atoms with Crippen LogP contribution in [0.4, 0.5) is 5.69 Å². The fourth-order valence-electron chi connectivity index (χ4n) is 2.26. The summed E-state index contributed by atoms with van der Waals surface area (Å²) in [6.45, 7) is 3.48. The Balaban J connectivity index is 2.02. The number of carbonyl (C=O) groups is 2. The molecule has 0 bridgehead atoms. The normalized spacial score (nSPS) is 10.1. The van der Waals surface area contributed by atoms with Gasteiger partial charge < -0.3 is 19.5 Å². The molecule has 0 heterocycles. The van der Waals surface area contributed by atoms with Crippen molar-refractivity contribution in [2.45, 2.75) is 13.8 Å². The van der Waals surface area contributed by atoms with Gasteiger partial charge in [0.25, 0.3) is 5.91 Å². The molecule has 0 saturated carbocycles. The van der Waals surface area contributed by atoms with Crippen molar-refractivity contribution in [3.63, 3.8) is 0 Å². The molecule has 0 radical (unpaired) electrons. The number of esters is 1. The van der Waals surface area contributed by atoms with Gasteiger partial charge in [-0.15, -0.1) is 0 Å². The average Bonchev–Trinajstić information content (AvgIpc) is 2.63. The molecule has 0 unspecified atom stereocenters. The van der Waals surface area contributed by atoms with Crippen molar-refractivity contribution >= 4 is 17.6 Å². The van der Waals surface area contributed by atoms with E-state index in [-0.39, 0.29) is 5.56 Å². The summed E-state index contributed by atoms with van der Waals surface area (Å²) in [6.07, 6.45) is 0. The largest absolute Gasteiger partial charge is 0.497 e. The highest BCUT2D eigenvalue weighted by atomic mass is 16.5. The number of anilines is 1. The molecule has 0 aliphatic carbocycles. The maximum atomic E-state index is 12.2. The first-order valence-corrected chi connectivity index (χ1v) is 7.71. The van der Waals surface area contributed by atoms with Gasteiger partial charge in [-0.05, 0) is 49.2 Å². The zero-order valence-electron chi connectivity index (χ0n) is 14.7. The monoisotopic (exact) mass is 343 g/mol. The summed E-state index contributed by atoms with van der Waals surface area (Å²) >= 11 is 0. The average molecular weight is 343 g/mol. The summed E-state index contributed by atoms with van der Waals surface area (Å²) in [5, 5.41) is 2.74. The molecule has 2 rings (SSSR count). The Morgan fingerprint density at radius 1 is 1.04 bits per heavy atom. The van der Waals surface area contributed by atoms with Crippen molar-refractivity contribution in [1.29, 1.82) is 0 Å². The highest BCUT2D eigenvalue weighted by Crippen LogP contribution is 2.24. The quantitative estimate of drug-likeness (QED) is 0.816. The predicted octanol–water partition coefficient (Wildman–Crippen LogP) is 3.12. The molecule has 0 spiro atoms. The summed E-state index contributed by atoms with van der Waals surface area (Å²) in [5.41, 5.74) is 2.92.